The van der Waals surface area contributed by atoms with Gasteiger partial charge >= 0.3 is 5.97 Å². The van der Waals surface area contributed by atoms with Crippen LogP contribution in [0.1, 0.15) is 28.7 Å². The Hall–Kier alpha value is -1.80. The number of carboxylic acids is 1. The second kappa shape index (κ2) is 5.19. The summed E-state index contributed by atoms with van der Waals surface area (Å²) in [6.07, 6.45) is 1.89. The van der Waals surface area contributed by atoms with Crippen molar-refractivity contribution in [2.45, 2.75) is 31.6 Å². The molecule has 21 heavy (non-hydrogen) atoms. The first-order chi connectivity index (χ1) is 10.0. The van der Waals surface area contributed by atoms with Gasteiger partial charge in [0, 0.05) is 5.02 Å². The molecule has 0 spiro atoms. The van der Waals surface area contributed by atoms with E-state index in [0.29, 0.717) is 17.9 Å². The number of hydrogen-bond acceptors (Lipinski definition) is 1. The lowest BCUT2D eigenvalue weighted by atomic mass is 9.76. The Kier molecular flexibility index (Phi) is 3.50. The van der Waals surface area contributed by atoms with E-state index in [0.717, 1.165) is 28.7 Å². The number of hydrogen-bond donors (Lipinski definition) is 1. The average molecular weight is 301 g/mol. The molecule has 3 rings (SSSR count). The van der Waals surface area contributed by atoms with E-state index in [1.165, 1.54) is 0 Å². The molecule has 0 heterocycles. The van der Waals surface area contributed by atoms with Crippen molar-refractivity contribution in [1.82, 2.24) is 0 Å². The van der Waals surface area contributed by atoms with Crippen molar-refractivity contribution < 1.29 is 9.90 Å². The number of carboxylic acid groups (broad SMARTS) is 1. The molecule has 0 aromatic heterocycles. The first-order valence-electron chi connectivity index (χ1n) is 7.10. The maximum absolute atomic E-state index is 12.0. The second-order valence-corrected chi connectivity index (χ2v) is 6.22. The lowest BCUT2D eigenvalue weighted by molar-refractivity contribution is -0.143. The zero-order chi connectivity index (χ0) is 15.0. The van der Waals surface area contributed by atoms with E-state index >= 15 is 0 Å². The van der Waals surface area contributed by atoms with Gasteiger partial charge in [0.15, 0.2) is 0 Å². The molecule has 0 saturated heterocycles. The number of benzene rings is 2. The van der Waals surface area contributed by atoms with Gasteiger partial charge in [-0.3, -0.25) is 4.79 Å². The minimum absolute atomic E-state index is 0.443. The first-order valence-corrected chi connectivity index (χ1v) is 7.47. The van der Waals surface area contributed by atoms with Crippen LogP contribution in [0.25, 0.3) is 0 Å². The monoisotopic (exact) mass is 300 g/mol. The van der Waals surface area contributed by atoms with Crippen molar-refractivity contribution in [2.75, 3.05) is 0 Å². The fourth-order valence-corrected chi connectivity index (χ4v) is 3.59. The molecule has 2 aromatic rings. The Morgan fingerprint density at radius 1 is 1.29 bits per heavy atom. The summed E-state index contributed by atoms with van der Waals surface area (Å²) in [4.78, 5) is 12.0. The van der Waals surface area contributed by atoms with Crippen LogP contribution >= 0.6 is 11.6 Å². The molecule has 1 atom stereocenters. The summed E-state index contributed by atoms with van der Waals surface area (Å²) in [7, 11) is 0. The number of aliphatic carboxylic acids is 1. The summed E-state index contributed by atoms with van der Waals surface area (Å²) in [5.74, 6) is -0.760. The Bertz CT molecular complexity index is 708. The van der Waals surface area contributed by atoms with Gasteiger partial charge in [-0.15, -0.1) is 0 Å². The molecule has 1 aliphatic rings. The highest BCUT2D eigenvalue weighted by Gasteiger charge is 2.45. The van der Waals surface area contributed by atoms with Crippen molar-refractivity contribution in [2.24, 2.45) is 0 Å². The zero-order valence-electron chi connectivity index (χ0n) is 11.9. The quantitative estimate of drug-likeness (QED) is 0.924. The van der Waals surface area contributed by atoms with E-state index in [1.54, 1.807) is 0 Å². The lowest BCUT2D eigenvalue weighted by Gasteiger charge is -2.26. The molecule has 1 N–H and O–H groups in total. The van der Waals surface area contributed by atoms with Gasteiger partial charge in [0.2, 0.25) is 0 Å². The summed E-state index contributed by atoms with van der Waals surface area (Å²) in [6.45, 7) is 1.98. The van der Waals surface area contributed by atoms with E-state index in [4.69, 9.17) is 11.6 Å². The Morgan fingerprint density at radius 3 is 2.76 bits per heavy atom. The van der Waals surface area contributed by atoms with E-state index in [9.17, 15) is 9.90 Å². The molecule has 1 aliphatic carbocycles. The minimum Gasteiger partial charge on any atom is -0.481 e. The van der Waals surface area contributed by atoms with Crippen molar-refractivity contribution in [3.05, 3.63) is 69.7 Å². The summed E-state index contributed by atoms with van der Waals surface area (Å²) in [5.41, 5.74) is 3.22. The van der Waals surface area contributed by atoms with Crippen LogP contribution in [-0.4, -0.2) is 11.1 Å². The average Bonchev–Trinajstić information content (AvgIpc) is 2.82. The van der Waals surface area contributed by atoms with Gasteiger partial charge in [0.25, 0.3) is 0 Å². The van der Waals surface area contributed by atoms with Crippen LogP contribution in [0.4, 0.5) is 0 Å². The lowest BCUT2D eigenvalue weighted by Crippen LogP contribution is -2.36. The predicted octanol–water partition coefficient (Wildman–Crippen LogP) is 4.16. The van der Waals surface area contributed by atoms with Crippen LogP contribution in [-0.2, 0) is 23.1 Å². The highest BCUT2D eigenvalue weighted by molar-refractivity contribution is 6.31. The molecule has 2 aromatic carbocycles. The maximum Gasteiger partial charge on any atom is 0.314 e. The van der Waals surface area contributed by atoms with E-state index in [2.05, 4.69) is 0 Å². The highest BCUT2D eigenvalue weighted by atomic mass is 35.5. The molecule has 0 amide bonds. The van der Waals surface area contributed by atoms with Crippen molar-refractivity contribution in [3.8, 4) is 0 Å². The van der Waals surface area contributed by atoms with Crippen molar-refractivity contribution in [3.63, 3.8) is 0 Å². The standard InChI is InChI=1S/C18H17ClO2/c1-12-6-7-14(16(19)10-12)11-18(17(20)21)9-8-13-4-2-3-5-15(13)18/h2-7,10H,8-9,11H2,1H3,(H,20,21). The van der Waals surface area contributed by atoms with E-state index in [-0.39, 0.29) is 0 Å². The third kappa shape index (κ3) is 2.34. The van der Waals surface area contributed by atoms with Gasteiger partial charge in [0.1, 0.15) is 0 Å². The first kappa shape index (κ1) is 14.2. The third-order valence-corrected chi connectivity index (χ3v) is 4.82. The molecule has 1 unspecified atom stereocenters. The van der Waals surface area contributed by atoms with Crippen LogP contribution < -0.4 is 0 Å². The SMILES string of the molecule is Cc1ccc(CC2(C(=O)O)CCc3ccccc32)c(Cl)c1. The maximum atomic E-state index is 12.0. The number of halogens is 1. The van der Waals surface area contributed by atoms with Gasteiger partial charge in [0.05, 0.1) is 5.41 Å². The topological polar surface area (TPSA) is 37.3 Å². The van der Waals surface area contributed by atoms with Crippen molar-refractivity contribution >= 4 is 17.6 Å². The van der Waals surface area contributed by atoms with Gasteiger partial charge in [-0.1, -0.05) is 48.0 Å². The Morgan fingerprint density at radius 2 is 2.05 bits per heavy atom. The number of aryl methyl sites for hydroxylation is 2. The summed E-state index contributed by atoms with van der Waals surface area (Å²) in [5, 5.41) is 10.5. The largest absolute Gasteiger partial charge is 0.481 e. The van der Waals surface area contributed by atoms with Gasteiger partial charge in [-0.2, -0.15) is 0 Å². The summed E-state index contributed by atoms with van der Waals surface area (Å²) in [6, 6.07) is 13.7. The van der Waals surface area contributed by atoms with Crippen molar-refractivity contribution in [1.29, 1.82) is 0 Å². The molecule has 2 nitrogen and oxygen atoms in total. The van der Waals surface area contributed by atoms with Crippen LogP contribution in [0, 0.1) is 6.92 Å². The zero-order valence-corrected chi connectivity index (χ0v) is 12.7. The number of fused-ring (bicyclic) bond motifs is 1. The molecule has 0 bridgehead atoms. The van der Waals surface area contributed by atoms with E-state index in [1.807, 2.05) is 49.4 Å². The van der Waals surface area contributed by atoms with Crippen LogP contribution in [0.2, 0.25) is 5.02 Å². The molecule has 0 saturated carbocycles. The normalized spacial score (nSPS) is 20.3. The molecule has 3 heteroatoms. The number of rotatable bonds is 3. The third-order valence-electron chi connectivity index (χ3n) is 4.46. The molecule has 0 radical (unpaired) electrons. The van der Waals surface area contributed by atoms with Crippen LogP contribution in [0.15, 0.2) is 42.5 Å². The summed E-state index contributed by atoms with van der Waals surface area (Å²) < 4.78 is 0. The number of carbonyl (C=O) groups is 1. The van der Waals surface area contributed by atoms with Crippen LogP contribution in [0.3, 0.4) is 0 Å². The molecular weight excluding hydrogens is 284 g/mol. The second-order valence-electron chi connectivity index (χ2n) is 5.82. The minimum atomic E-state index is -0.852. The fraction of sp³-hybridized carbons (Fsp3) is 0.278. The molecule has 0 aliphatic heterocycles. The van der Waals surface area contributed by atoms with Gasteiger partial charge < -0.3 is 5.11 Å². The van der Waals surface area contributed by atoms with E-state index < -0.39 is 11.4 Å². The fourth-order valence-electron chi connectivity index (χ4n) is 3.29. The smallest absolute Gasteiger partial charge is 0.314 e. The van der Waals surface area contributed by atoms with Crippen LogP contribution in [0.5, 0.6) is 0 Å². The molecular formula is C18H17ClO2. The van der Waals surface area contributed by atoms with Gasteiger partial charge in [-0.25, -0.2) is 0 Å². The Labute approximate surface area is 129 Å². The summed E-state index contributed by atoms with van der Waals surface area (Å²) >= 11 is 6.31. The molecule has 108 valence electrons. The predicted molar refractivity (Wildman–Crippen MR) is 84.0 cm³/mol. The molecule has 0 fully saturated rings. The Balaban J connectivity index is 2.06. The highest BCUT2D eigenvalue weighted by Crippen LogP contribution is 2.42. The van der Waals surface area contributed by atoms with Gasteiger partial charge in [-0.05, 0) is 54.5 Å².